The van der Waals surface area contributed by atoms with Crippen LogP contribution in [0.5, 0.6) is 0 Å². The van der Waals surface area contributed by atoms with Crippen LogP contribution >= 0.6 is 0 Å². The fourth-order valence-electron chi connectivity index (χ4n) is 2.18. The van der Waals surface area contributed by atoms with Crippen molar-refractivity contribution in [2.75, 3.05) is 0 Å². The van der Waals surface area contributed by atoms with E-state index in [9.17, 15) is 4.79 Å². The molecule has 2 rings (SSSR count). The smallest absolute Gasteiger partial charge is 0.276 e. The minimum Gasteiger partial charge on any atom is -0.370 e. The van der Waals surface area contributed by atoms with Gasteiger partial charge in [0, 0.05) is 12.0 Å². The molecular formula is C13H15N3O. The predicted molar refractivity (Wildman–Crippen MR) is 68.3 cm³/mol. The minimum atomic E-state index is -0.335. The number of allylic oxidation sites excluding steroid dienone is 1. The fraction of sp³-hybridized carbons (Fsp3) is 0.231. The van der Waals surface area contributed by atoms with Crippen LogP contribution in [-0.2, 0) is 11.2 Å². The number of aliphatic imine (C=N–C) groups is 1. The third-order valence-corrected chi connectivity index (χ3v) is 3.11. The summed E-state index contributed by atoms with van der Waals surface area (Å²) in [5.74, 6) is -0.527. The average molecular weight is 229 g/mol. The zero-order valence-electron chi connectivity index (χ0n) is 9.95. The molecule has 0 saturated carbocycles. The highest BCUT2D eigenvalue weighted by Crippen LogP contribution is 2.34. The first-order valence-electron chi connectivity index (χ1n) is 5.43. The molecule has 4 N–H and O–H groups in total. The van der Waals surface area contributed by atoms with Crippen LogP contribution in [0.3, 0.4) is 0 Å². The zero-order valence-corrected chi connectivity index (χ0v) is 9.95. The molecule has 4 heteroatoms. The Morgan fingerprint density at radius 3 is 2.59 bits per heavy atom. The predicted octanol–water partition coefficient (Wildman–Crippen LogP) is 1.12. The van der Waals surface area contributed by atoms with E-state index in [2.05, 4.69) is 4.99 Å². The van der Waals surface area contributed by atoms with E-state index in [0.717, 1.165) is 11.1 Å². The number of carbonyl (C=O) groups excluding carboxylic acids is 1. The molecule has 0 unspecified atom stereocenters. The number of aryl methyl sites for hydroxylation is 1. The first kappa shape index (κ1) is 11.4. The van der Waals surface area contributed by atoms with Crippen molar-refractivity contribution in [3.63, 3.8) is 0 Å². The van der Waals surface area contributed by atoms with Crippen molar-refractivity contribution >= 4 is 17.4 Å². The molecule has 17 heavy (non-hydrogen) atoms. The number of fused-ring (bicyclic) bond motifs is 1. The van der Waals surface area contributed by atoms with Crippen molar-refractivity contribution in [3.8, 4) is 0 Å². The van der Waals surface area contributed by atoms with Gasteiger partial charge in [0.2, 0.25) is 0 Å². The van der Waals surface area contributed by atoms with Gasteiger partial charge in [0.15, 0.2) is 5.96 Å². The summed E-state index contributed by atoms with van der Waals surface area (Å²) in [7, 11) is 0. The molecule has 4 nitrogen and oxygen atoms in total. The summed E-state index contributed by atoms with van der Waals surface area (Å²) in [6.07, 6.45) is 0.615. The van der Waals surface area contributed by atoms with Gasteiger partial charge in [-0.05, 0) is 36.1 Å². The quantitative estimate of drug-likeness (QED) is 0.559. The Hall–Kier alpha value is -2.10. The largest absolute Gasteiger partial charge is 0.370 e. The minimum absolute atomic E-state index is 0.192. The van der Waals surface area contributed by atoms with Gasteiger partial charge in [-0.2, -0.15) is 4.99 Å². The van der Waals surface area contributed by atoms with Crippen LogP contribution in [-0.4, -0.2) is 11.9 Å². The van der Waals surface area contributed by atoms with E-state index in [1.54, 1.807) is 0 Å². The van der Waals surface area contributed by atoms with E-state index in [1.165, 1.54) is 11.1 Å². The Morgan fingerprint density at radius 1 is 1.29 bits per heavy atom. The second-order valence-electron chi connectivity index (χ2n) is 4.22. The van der Waals surface area contributed by atoms with E-state index >= 15 is 0 Å². The highest BCUT2D eigenvalue weighted by molar-refractivity contribution is 6.08. The lowest BCUT2D eigenvalue weighted by atomic mass is 10.0. The van der Waals surface area contributed by atoms with Gasteiger partial charge in [-0.15, -0.1) is 0 Å². The monoisotopic (exact) mass is 229 g/mol. The molecule has 0 aromatic heterocycles. The molecule has 1 amide bonds. The summed E-state index contributed by atoms with van der Waals surface area (Å²) in [6, 6.07) is 6.05. The number of carbonyl (C=O) groups is 1. The lowest BCUT2D eigenvalue weighted by molar-refractivity contribution is -0.114. The zero-order chi connectivity index (χ0) is 12.6. The third kappa shape index (κ3) is 1.93. The van der Waals surface area contributed by atoms with E-state index in [0.29, 0.717) is 12.0 Å². The fourth-order valence-corrected chi connectivity index (χ4v) is 2.18. The van der Waals surface area contributed by atoms with Crippen molar-refractivity contribution in [1.29, 1.82) is 0 Å². The molecule has 0 atom stereocenters. The summed E-state index contributed by atoms with van der Waals surface area (Å²) in [4.78, 5) is 15.4. The van der Waals surface area contributed by atoms with Crippen LogP contribution in [0.4, 0.5) is 0 Å². The summed E-state index contributed by atoms with van der Waals surface area (Å²) in [5.41, 5.74) is 15.6. The van der Waals surface area contributed by atoms with Gasteiger partial charge >= 0.3 is 0 Å². The third-order valence-electron chi connectivity index (χ3n) is 3.11. The molecule has 0 heterocycles. The number of nitrogens with two attached hydrogens (primary N) is 2. The second kappa shape index (κ2) is 4.05. The second-order valence-corrected chi connectivity index (χ2v) is 4.22. The van der Waals surface area contributed by atoms with Gasteiger partial charge < -0.3 is 11.5 Å². The van der Waals surface area contributed by atoms with E-state index < -0.39 is 0 Å². The summed E-state index contributed by atoms with van der Waals surface area (Å²) in [6.45, 7) is 3.97. The van der Waals surface area contributed by atoms with Crippen molar-refractivity contribution in [1.82, 2.24) is 0 Å². The van der Waals surface area contributed by atoms with E-state index in [-0.39, 0.29) is 11.9 Å². The lowest BCUT2D eigenvalue weighted by Gasteiger charge is -2.03. The Labute approximate surface area is 100 Å². The van der Waals surface area contributed by atoms with Crippen LogP contribution in [0.15, 0.2) is 28.8 Å². The van der Waals surface area contributed by atoms with Gasteiger partial charge in [-0.3, -0.25) is 4.79 Å². The molecule has 88 valence electrons. The molecule has 0 saturated heterocycles. The standard InChI is InChI=1S/C13H15N3O/c1-7-4-3-5-9-8(2)11(6-10(7)9)12(17)16-13(14)15/h3-5H,6H2,1-2H3,(H4,14,15,16,17). The maximum atomic E-state index is 11.8. The average Bonchev–Trinajstić information content (AvgIpc) is 2.57. The molecule has 0 spiro atoms. The first-order chi connectivity index (χ1) is 8.00. The molecule has 1 aliphatic carbocycles. The molecule has 0 aliphatic heterocycles. The highest BCUT2D eigenvalue weighted by atomic mass is 16.1. The van der Waals surface area contributed by atoms with Gasteiger partial charge in [-0.1, -0.05) is 18.2 Å². The molecule has 1 aliphatic rings. The number of hydrogen-bond donors (Lipinski definition) is 2. The van der Waals surface area contributed by atoms with Crippen LogP contribution in [0.1, 0.15) is 23.6 Å². The summed E-state index contributed by atoms with van der Waals surface area (Å²) >= 11 is 0. The van der Waals surface area contributed by atoms with Crippen LogP contribution < -0.4 is 11.5 Å². The number of guanidine groups is 1. The maximum absolute atomic E-state index is 11.8. The molecule has 0 fully saturated rings. The molecule has 0 bridgehead atoms. The maximum Gasteiger partial charge on any atom is 0.276 e. The summed E-state index contributed by atoms with van der Waals surface area (Å²) in [5, 5.41) is 0. The SMILES string of the molecule is CC1=C(C(=O)N=C(N)N)Cc2c(C)cccc21. The number of hydrogen-bond acceptors (Lipinski definition) is 1. The molecule has 0 radical (unpaired) electrons. The Kier molecular flexibility index (Phi) is 2.71. The van der Waals surface area contributed by atoms with Gasteiger partial charge in [0.25, 0.3) is 5.91 Å². The lowest BCUT2D eigenvalue weighted by Crippen LogP contribution is -2.24. The van der Waals surface area contributed by atoms with E-state index in [4.69, 9.17) is 11.5 Å². The van der Waals surface area contributed by atoms with Crippen molar-refractivity contribution < 1.29 is 4.79 Å². The van der Waals surface area contributed by atoms with Crippen molar-refractivity contribution in [3.05, 3.63) is 40.5 Å². The first-order valence-corrected chi connectivity index (χ1v) is 5.43. The number of rotatable bonds is 1. The Balaban J connectivity index is 2.43. The van der Waals surface area contributed by atoms with Crippen molar-refractivity contribution in [2.24, 2.45) is 16.5 Å². The molecule has 1 aromatic rings. The van der Waals surface area contributed by atoms with Gasteiger partial charge in [0.05, 0.1) is 0 Å². The van der Waals surface area contributed by atoms with Crippen LogP contribution in [0.2, 0.25) is 0 Å². The normalized spacial score (nSPS) is 13.5. The van der Waals surface area contributed by atoms with Gasteiger partial charge in [-0.25, -0.2) is 0 Å². The molecule has 1 aromatic carbocycles. The molecular weight excluding hydrogens is 214 g/mol. The van der Waals surface area contributed by atoms with Gasteiger partial charge in [0.1, 0.15) is 0 Å². The van der Waals surface area contributed by atoms with E-state index in [1.807, 2.05) is 32.0 Å². The topological polar surface area (TPSA) is 81.5 Å². The number of amides is 1. The van der Waals surface area contributed by atoms with Crippen LogP contribution in [0, 0.1) is 6.92 Å². The Morgan fingerprint density at radius 2 is 2.00 bits per heavy atom. The Bertz CT molecular complexity index is 552. The summed E-state index contributed by atoms with van der Waals surface area (Å²) < 4.78 is 0. The van der Waals surface area contributed by atoms with Crippen LogP contribution in [0.25, 0.3) is 5.57 Å². The number of nitrogens with zero attached hydrogens (tertiary/aromatic N) is 1. The van der Waals surface area contributed by atoms with Crippen molar-refractivity contribution in [2.45, 2.75) is 20.3 Å². The highest BCUT2D eigenvalue weighted by Gasteiger charge is 2.24. The number of benzene rings is 1.